The van der Waals surface area contributed by atoms with Gasteiger partial charge in [-0.3, -0.25) is 14.5 Å². The SMILES string of the molecule is CC[C@H](C)Oc1ccc(/C=C2\SC(=O)N(CC)C2=O)cc1Cl. The Morgan fingerprint density at radius 2 is 2.09 bits per heavy atom. The average molecular weight is 340 g/mol. The lowest BCUT2D eigenvalue weighted by atomic mass is 10.2. The summed E-state index contributed by atoms with van der Waals surface area (Å²) in [5.74, 6) is 0.364. The molecule has 0 unspecified atom stereocenters. The van der Waals surface area contributed by atoms with Crippen molar-refractivity contribution in [3.8, 4) is 5.75 Å². The molecule has 1 aromatic carbocycles. The summed E-state index contributed by atoms with van der Waals surface area (Å²) in [5.41, 5.74) is 0.767. The number of halogens is 1. The highest BCUT2D eigenvalue weighted by Gasteiger charge is 2.33. The lowest BCUT2D eigenvalue weighted by molar-refractivity contribution is -0.122. The van der Waals surface area contributed by atoms with Crippen molar-refractivity contribution in [1.82, 2.24) is 4.90 Å². The molecular weight excluding hydrogens is 322 g/mol. The van der Waals surface area contributed by atoms with E-state index in [-0.39, 0.29) is 17.3 Å². The van der Waals surface area contributed by atoms with Gasteiger partial charge in [0.2, 0.25) is 0 Å². The topological polar surface area (TPSA) is 46.6 Å². The number of nitrogens with zero attached hydrogens (tertiary/aromatic N) is 1. The molecule has 0 N–H and O–H groups in total. The second kappa shape index (κ2) is 7.20. The molecule has 2 amide bonds. The molecule has 0 aliphatic carbocycles. The molecule has 1 heterocycles. The van der Waals surface area contributed by atoms with Crippen LogP contribution in [0.3, 0.4) is 0 Å². The summed E-state index contributed by atoms with van der Waals surface area (Å²) in [6, 6.07) is 5.34. The van der Waals surface area contributed by atoms with E-state index < -0.39 is 0 Å². The molecule has 1 fully saturated rings. The molecular formula is C16H18ClNO3S. The number of imide groups is 1. The summed E-state index contributed by atoms with van der Waals surface area (Å²) in [6.45, 7) is 6.17. The highest BCUT2D eigenvalue weighted by atomic mass is 35.5. The van der Waals surface area contributed by atoms with Crippen LogP contribution in [-0.2, 0) is 4.79 Å². The minimum atomic E-state index is -0.256. The zero-order valence-corrected chi connectivity index (χ0v) is 14.3. The van der Waals surface area contributed by atoms with Crippen molar-refractivity contribution >= 4 is 40.6 Å². The Hall–Kier alpha value is -1.46. The molecule has 118 valence electrons. The monoisotopic (exact) mass is 339 g/mol. The molecule has 0 aromatic heterocycles. The number of carbonyl (C=O) groups is 2. The van der Waals surface area contributed by atoms with E-state index in [0.29, 0.717) is 22.2 Å². The van der Waals surface area contributed by atoms with Crippen LogP contribution in [0.1, 0.15) is 32.8 Å². The smallest absolute Gasteiger partial charge is 0.293 e. The van der Waals surface area contributed by atoms with Crippen molar-refractivity contribution < 1.29 is 14.3 Å². The van der Waals surface area contributed by atoms with Gasteiger partial charge in [0.15, 0.2) is 0 Å². The predicted octanol–water partition coefficient (Wildman–Crippen LogP) is 4.57. The molecule has 6 heteroatoms. The molecule has 0 spiro atoms. The molecule has 1 atom stereocenters. The fourth-order valence-electron chi connectivity index (χ4n) is 1.93. The fourth-order valence-corrected chi connectivity index (χ4v) is 3.06. The van der Waals surface area contributed by atoms with Gasteiger partial charge in [-0.25, -0.2) is 0 Å². The predicted molar refractivity (Wildman–Crippen MR) is 90.2 cm³/mol. The molecule has 1 aromatic rings. The number of carbonyl (C=O) groups excluding carboxylic acids is 2. The van der Waals surface area contributed by atoms with E-state index in [1.54, 1.807) is 25.1 Å². The van der Waals surface area contributed by atoms with E-state index >= 15 is 0 Å². The van der Waals surface area contributed by atoms with Gasteiger partial charge in [0.05, 0.1) is 16.0 Å². The Morgan fingerprint density at radius 1 is 1.36 bits per heavy atom. The summed E-state index contributed by atoms with van der Waals surface area (Å²) < 4.78 is 5.70. The molecule has 4 nitrogen and oxygen atoms in total. The van der Waals surface area contributed by atoms with Gasteiger partial charge >= 0.3 is 0 Å². The van der Waals surface area contributed by atoms with Crippen LogP contribution in [0.2, 0.25) is 5.02 Å². The third kappa shape index (κ3) is 3.65. The molecule has 0 radical (unpaired) electrons. The number of hydrogen-bond acceptors (Lipinski definition) is 4. The number of rotatable bonds is 5. The van der Waals surface area contributed by atoms with E-state index in [2.05, 4.69) is 0 Å². The van der Waals surface area contributed by atoms with Gasteiger partial charge in [0.1, 0.15) is 5.75 Å². The van der Waals surface area contributed by atoms with Crippen LogP contribution in [0.25, 0.3) is 6.08 Å². The van der Waals surface area contributed by atoms with E-state index in [4.69, 9.17) is 16.3 Å². The van der Waals surface area contributed by atoms with Crippen LogP contribution >= 0.6 is 23.4 Å². The molecule has 1 saturated heterocycles. The number of hydrogen-bond donors (Lipinski definition) is 0. The van der Waals surface area contributed by atoms with E-state index in [0.717, 1.165) is 23.7 Å². The van der Waals surface area contributed by atoms with E-state index in [9.17, 15) is 9.59 Å². The first kappa shape index (κ1) is 16.9. The summed E-state index contributed by atoms with van der Waals surface area (Å²) in [4.78, 5) is 25.4. The number of thioether (sulfide) groups is 1. The Kier molecular flexibility index (Phi) is 5.53. The Labute approximate surface area is 139 Å². The number of likely N-dealkylation sites (N-methyl/N-ethyl adjacent to an activating group) is 1. The van der Waals surface area contributed by atoms with Gasteiger partial charge in [0.25, 0.3) is 11.1 Å². The maximum atomic E-state index is 12.0. The molecule has 1 aliphatic rings. The summed E-state index contributed by atoms with van der Waals surface area (Å²) >= 11 is 7.16. The zero-order valence-electron chi connectivity index (χ0n) is 12.8. The van der Waals surface area contributed by atoms with Gasteiger partial charge in [-0.2, -0.15) is 0 Å². The Bertz CT molecular complexity index is 630. The maximum absolute atomic E-state index is 12.0. The van der Waals surface area contributed by atoms with Gasteiger partial charge in [-0.05, 0) is 55.8 Å². The molecule has 22 heavy (non-hydrogen) atoms. The molecule has 0 bridgehead atoms. The normalized spacial score (nSPS) is 18.2. The second-order valence-electron chi connectivity index (χ2n) is 4.95. The largest absolute Gasteiger partial charge is 0.489 e. The van der Waals surface area contributed by atoms with Gasteiger partial charge < -0.3 is 4.74 Å². The standard InChI is InChI=1S/C16H18ClNO3S/c1-4-10(3)21-13-7-6-11(8-12(13)17)9-14-15(19)18(5-2)16(20)22-14/h6-10H,4-5H2,1-3H3/b14-9-/t10-/m0/s1. The lowest BCUT2D eigenvalue weighted by Gasteiger charge is -2.14. The van der Waals surface area contributed by atoms with Crippen molar-refractivity contribution in [2.24, 2.45) is 0 Å². The van der Waals surface area contributed by atoms with Crippen LogP contribution in [0, 0.1) is 0 Å². The summed E-state index contributed by atoms with van der Waals surface area (Å²) in [6.07, 6.45) is 2.66. The maximum Gasteiger partial charge on any atom is 0.293 e. The molecule has 1 aliphatic heterocycles. The summed E-state index contributed by atoms with van der Waals surface area (Å²) in [7, 11) is 0. The van der Waals surface area contributed by atoms with Crippen LogP contribution in [0.4, 0.5) is 4.79 Å². The third-order valence-electron chi connectivity index (χ3n) is 3.35. The van der Waals surface area contributed by atoms with Crippen molar-refractivity contribution in [3.63, 3.8) is 0 Å². The van der Waals surface area contributed by atoms with Crippen LogP contribution < -0.4 is 4.74 Å². The second-order valence-corrected chi connectivity index (χ2v) is 6.35. The van der Waals surface area contributed by atoms with Crippen molar-refractivity contribution in [2.45, 2.75) is 33.3 Å². The Morgan fingerprint density at radius 3 is 2.64 bits per heavy atom. The van der Waals surface area contributed by atoms with E-state index in [1.165, 1.54) is 4.90 Å². The third-order valence-corrected chi connectivity index (χ3v) is 4.55. The first-order chi connectivity index (χ1) is 10.5. The highest BCUT2D eigenvalue weighted by molar-refractivity contribution is 8.18. The highest BCUT2D eigenvalue weighted by Crippen LogP contribution is 2.33. The first-order valence-corrected chi connectivity index (χ1v) is 8.37. The van der Waals surface area contributed by atoms with E-state index in [1.807, 2.05) is 19.9 Å². The number of amides is 2. The minimum Gasteiger partial charge on any atom is -0.489 e. The van der Waals surface area contributed by atoms with Crippen LogP contribution in [-0.4, -0.2) is 28.7 Å². The summed E-state index contributed by atoms with van der Waals surface area (Å²) in [5, 5.41) is 0.255. The lowest BCUT2D eigenvalue weighted by Crippen LogP contribution is -2.27. The quantitative estimate of drug-likeness (QED) is 0.737. The first-order valence-electron chi connectivity index (χ1n) is 7.17. The van der Waals surface area contributed by atoms with Crippen molar-refractivity contribution in [1.29, 1.82) is 0 Å². The Balaban J connectivity index is 2.21. The number of benzene rings is 1. The molecule has 0 saturated carbocycles. The van der Waals surface area contributed by atoms with Gasteiger partial charge in [-0.1, -0.05) is 24.6 Å². The number of ether oxygens (including phenoxy) is 1. The zero-order chi connectivity index (χ0) is 16.3. The van der Waals surface area contributed by atoms with Crippen LogP contribution in [0.15, 0.2) is 23.1 Å². The van der Waals surface area contributed by atoms with Crippen LogP contribution in [0.5, 0.6) is 5.75 Å². The van der Waals surface area contributed by atoms with Gasteiger partial charge in [-0.15, -0.1) is 0 Å². The van der Waals surface area contributed by atoms with Crippen molar-refractivity contribution in [3.05, 3.63) is 33.7 Å². The van der Waals surface area contributed by atoms with Gasteiger partial charge in [0, 0.05) is 6.54 Å². The minimum absolute atomic E-state index is 0.0874. The fraction of sp³-hybridized carbons (Fsp3) is 0.375. The van der Waals surface area contributed by atoms with Crippen molar-refractivity contribution in [2.75, 3.05) is 6.54 Å². The molecule has 2 rings (SSSR count). The average Bonchev–Trinajstić information content (AvgIpc) is 2.75.